The van der Waals surface area contributed by atoms with Crippen molar-refractivity contribution >= 4 is 0 Å². The fourth-order valence-electron chi connectivity index (χ4n) is 4.35. The molecule has 0 spiro atoms. The van der Waals surface area contributed by atoms with Crippen LogP contribution < -0.4 is 4.74 Å². The molecule has 1 fully saturated rings. The lowest BCUT2D eigenvalue weighted by atomic mass is 9.90. The van der Waals surface area contributed by atoms with Crippen LogP contribution in [0.15, 0.2) is 54.7 Å². The van der Waals surface area contributed by atoms with Gasteiger partial charge < -0.3 is 9.84 Å². The lowest BCUT2D eigenvalue weighted by molar-refractivity contribution is 0.0550. The minimum Gasteiger partial charge on any atom is -0.497 e. The normalized spacial score (nSPS) is 16.4. The average Bonchev–Trinajstić information content (AvgIpc) is 3.23. The van der Waals surface area contributed by atoms with Gasteiger partial charge in [0.2, 0.25) is 0 Å². The van der Waals surface area contributed by atoms with Crippen molar-refractivity contribution in [1.82, 2.24) is 14.7 Å². The number of aromatic nitrogens is 2. The fourth-order valence-corrected chi connectivity index (χ4v) is 4.35. The van der Waals surface area contributed by atoms with Crippen LogP contribution in [-0.2, 0) is 6.54 Å². The quantitative estimate of drug-likeness (QED) is 0.600. The van der Waals surface area contributed by atoms with Gasteiger partial charge in [0.25, 0.3) is 0 Å². The molecule has 0 aliphatic carbocycles. The molecule has 1 atom stereocenters. The highest BCUT2D eigenvalue weighted by Crippen LogP contribution is 2.31. The van der Waals surface area contributed by atoms with E-state index in [1.54, 1.807) is 12.1 Å². The van der Waals surface area contributed by atoms with Crippen molar-refractivity contribution in [3.05, 3.63) is 66.1 Å². The van der Waals surface area contributed by atoms with Crippen molar-refractivity contribution in [3.8, 4) is 22.7 Å². The Morgan fingerprint density at radius 1 is 1.16 bits per heavy atom. The van der Waals surface area contributed by atoms with Crippen molar-refractivity contribution in [3.63, 3.8) is 0 Å². The smallest absolute Gasteiger partial charge is 0.136 e. The third-order valence-electron chi connectivity index (χ3n) is 6.23. The Balaban J connectivity index is 1.62. The number of benzene rings is 2. The summed E-state index contributed by atoms with van der Waals surface area (Å²) in [6, 6.07) is 14.8. The maximum atomic E-state index is 14.9. The molecule has 6 heteroatoms. The van der Waals surface area contributed by atoms with Crippen LogP contribution in [0.3, 0.4) is 0 Å². The fraction of sp³-hybridized carbons (Fsp3) is 0.400. The van der Waals surface area contributed by atoms with Gasteiger partial charge in [-0.3, -0.25) is 4.90 Å². The summed E-state index contributed by atoms with van der Waals surface area (Å²) in [4.78, 5) is 2.37. The maximum absolute atomic E-state index is 14.9. The van der Waals surface area contributed by atoms with E-state index in [0.29, 0.717) is 29.5 Å². The molecule has 31 heavy (non-hydrogen) atoms. The van der Waals surface area contributed by atoms with Crippen molar-refractivity contribution in [2.24, 2.45) is 5.92 Å². The minimum absolute atomic E-state index is 0.216. The second-order valence-corrected chi connectivity index (χ2v) is 8.22. The molecular formula is C25H30FN3O2. The lowest BCUT2D eigenvalue weighted by Gasteiger charge is -2.33. The zero-order valence-corrected chi connectivity index (χ0v) is 18.2. The number of nitrogens with zero attached hydrogens (tertiary/aromatic N) is 3. The summed E-state index contributed by atoms with van der Waals surface area (Å²) in [6.45, 7) is 4.57. The van der Waals surface area contributed by atoms with Crippen molar-refractivity contribution in [2.75, 3.05) is 20.2 Å². The summed E-state index contributed by atoms with van der Waals surface area (Å²) in [5.41, 5.74) is 3.05. The number of rotatable bonds is 7. The molecule has 0 unspecified atom stereocenters. The Morgan fingerprint density at radius 3 is 2.55 bits per heavy atom. The van der Waals surface area contributed by atoms with E-state index >= 15 is 0 Å². The number of aliphatic hydroxyl groups is 1. The first-order chi connectivity index (χ1) is 15.1. The third kappa shape index (κ3) is 4.81. The predicted molar refractivity (Wildman–Crippen MR) is 120 cm³/mol. The van der Waals surface area contributed by atoms with Crippen LogP contribution >= 0.6 is 0 Å². The number of ether oxygens (including phenoxy) is 1. The summed E-state index contributed by atoms with van der Waals surface area (Å²) in [5.74, 6) is 0.511. The molecule has 2 aromatic carbocycles. The summed E-state index contributed by atoms with van der Waals surface area (Å²) in [7, 11) is 1.53. The van der Waals surface area contributed by atoms with Gasteiger partial charge in [-0.25, -0.2) is 9.07 Å². The number of piperidine rings is 1. The van der Waals surface area contributed by atoms with E-state index in [2.05, 4.69) is 4.90 Å². The van der Waals surface area contributed by atoms with Gasteiger partial charge in [-0.2, -0.15) is 5.10 Å². The summed E-state index contributed by atoms with van der Waals surface area (Å²) in [5, 5.41) is 14.9. The molecule has 0 saturated carbocycles. The van der Waals surface area contributed by atoms with E-state index in [1.807, 2.05) is 48.1 Å². The van der Waals surface area contributed by atoms with Crippen LogP contribution in [0.4, 0.5) is 4.39 Å². The van der Waals surface area contributed by atoms with Gasteiger partial charge in [-0.05, 0) is 62.5 Å². The number of hydrogen-bond donors (Lipinski definition) is 1. The van der Waals surface area contributed by atoms with E-state index in [1.165, 1.54) is 13.2 Å². The number of hydrogen-bond acceptors (Lipinski definition) is 4. The first-order valence-electron chi connectivity index (χ1n) is 11.0. The zero-order valence-electron chi connectivity index (χ0n) is 18.2. The highest BCUT2D eigenvalue weighted by molar-refractivity contribution is 5.65. The van der Waals surface area contributed by atoms with Gasteiger partial charge in [-0.1, -0.05) is 25.1 Å². The number of aliphatic hydroxyl groups excluding tert-OH is 1. The first kappa shape index (κ1) is 21.5. The second-order valence-electron chi connectivity index (χ2n) is 8.22. The minimum atomic E-state index is -0.344. The third-order valence-corrected chi connectivity index (χ3v) is 6.23. The van der Waals surface area contributed by atoms with Crippen LogP contribution in [0.2, 0.25) is 0 Å². The summed E-state index contributed by atoms with van der Waals surface area (Å²) in [6.07, 6.45) is 4.55. The molecule has 2 heterocycles. The van der Waals surface area contributed by atoms with Crippen LogP contribution in [0.25, 0.3) is 16.9 Å². The second kappa shape index (κ2) is 9.62. The number of likely N-dealkylation sites (tertiary alicyclic amines) is 1. The SMILES string of the molecule is CC[C@H](O)C1CCN(Cc2cn(-c3ccccc3)nc2-c2ccc(OC)cc2F)CC1. The molecule has 4 rings (SSSR count). The molecule has 164 valence electrons. The van der Waals surface area contributed by atoms with Gasteiger partial charge in [0, 0.05) is 29.9 Å². The van der Waals surface area contributed by atoms with Gasteiger partial charge in [0.15, 0.2) is 0 Å². The number of methoxy groups -OCH3 is 1. The summed E-state index contributed by atoms with van der Waals surface area (Å²) >= 11 is 0. The molecule has 0 amide bonds. The Kier molecular flexibility index (Phi) is 6.68. The molecule has 1 N–H and O–H groups in total. The van der Waals surface area contributed by atoms with Crippen molar-refractivity contribution in [1.29, 1.82) is 0 Å². The Labute approximate surface area is 183 Å². The van der Waals surface area contributed by atoms with Crippen LogP contribution in [0.5, 0.6) is 5.75 Å². The predicted octanol–water partition coefficient (Wildman–Crippen LogP) is 4.67. The Hall–Kier alpha value is -2.70. The zero-order chi connectivity index (χ0) is 21.8. The molecule has 1 aromatic heterocycles. The number of para-hydroxylation sites is 1. The highest BCUT2D eigenvalue weighted by Gasteiger charge is 2.26. The molecule has 1 aliphatic heterocycles. The molecule has 3 aromatic rings. The monoisotopic (exact) mass is 423 g/mol. The molecule has 0 bridgehead atoms. The molecular weight excluding hydrogens is 393 g/mol. The van der Waals surface area contributed by atoms with Crippen LogP contribution in [0, 0.1) is 11.7 Å². The van der Waals surface area contributed by atoms with Crippen LogP contribution in [0.1, 0.15) is 31.7 Å². The number of halogens is 1. The van der Waals surface area contributed by atoms with E-state index in [9.17, 15) is 9.50 Å². The van der Waals surface area contributed by atoms with Gasteiger partial charge in [0.05, 0.1) is 18.9 Å². The molecule has 1 saturated heterocycles. The van der Waals surface area contributed by atoms with E-state index in [0.717, 1.165) is 43.6 Å². The van der Waals surface area contributed by atoms with Crippen molar-refractivity contribution in [2.45, 2.75) is 38.8 Å². The topological polar surface area (TPSA) is 50.5 Å². The molecule has 0 radical (unpaired) electrons. The van der Waals surface area contributed by atoms with E-state index in [-0.39, 0.29) is 11.9 Å². The highest BCUT2D eigenvalue weighted by atomic mass is 19.1. The van der Waals surface area contributed by atoms with Crippen LogP contribution in [-0.4, -0.2) is 46.1 Å². The average molecular weight is 424 g/mol. The molecule has 1 aliphatic rings. The Bertz CT molecular complexity index is 997. The standard InChI is InChI=1S/C25H30FN3O2/c1-3-24(30)18-11-13-28(14-12-18)16-19-17-29(20-7-5-4-6-8-20)27-25(19)22-10-9-21(31-2)15-23(22)26/h4-10,15,17-18,24,30H,3,11-14,16H2,1-2H3/t24-/m0/s1. The van der Waals surface area contributed by atoms with E-state index in [4.69, 9.17) is 9.84 Å². The van der Waals surface area contributed by atoms with Crippen molar-refractivity contribution < 1.29 is 14.2 Å². The van der Waals surface area contributed by atoms with E-state index < -0.39 is 0 Å². The summed E-state index contributed by atoms with van der Waals surface area (Å²) < 4.78 is 21.9. The lowest BCUT2D eigenvalue weighted by Crippen LogP contribution is -2.37. The largest absolute Gasteiger partial charge is 0.497 e. The maximum Gasteiger partial charge on any atom is 0.136 e. The Morgan fingerprint density at radius 2 is 1.90 bits per heavy atom. The van der Waals surface area contributed by atoms with Gasteiger partial charge in [-0.15, -0.1) is 0 Å². The van der Waals surface area contributed by atoms with Gasteiger partial charge in [0.1, 0.15) is 17.3 Å². The molecule has 5 nitrogen and oxygen atoms in total. The van der Waals surface area contributed by atoms with Gasteiger partial charge >= 0.3 is 0 Å². The first-order valence-corrected chi connectivity index (χ1v) is 11.0.